The monoisotopic (exact) mass is 314 g/mol. The van der Waals surface area contributed by atoms with Gasteiger partial charge in [-0.2, -0.15) is 8.42 Å². The molecular weight excluding hydrogens is 296 g/mol. The van der Waals surface area contributed by atoms with Crippen LogP contribution < -0.4 is 4.18 Å². The van der Waals surface area contributed by atoms with E-state index in [1.165, 1.54) is 5.56 Å². The molecule has 0 spiro atoms. The van der Waals surface area contributed by atoms with Gasteiger partial charge in [-0.3, -0.25) is 0 Å². The van der Waals surface area contributed by atoms with Gasteiger partial charge in [-0.15, -0.1) is 0 Å². The van der Waals surface area contributed by atoms with Crippen LogP contribution in [0.2, 0.25) is 0 Å². The van der Waals surface area contributed by atoms with E-state index in [4.69, 9.17) is 4.18 Å². The van der Waals surface area contributed by atoms with E-state index >= 15 is 0 Å². The maximum Gasteiger partial charge on any atom is 0.306 e. The molecule has 0 saturated carbocycles. The Hall–Kier alpha value is -2.25. The molecule has 2 aromatic carbocycles. The average Bonchev–Trinajstić information content (AvgIpc) is 2.47. The van der Waals surface area contributed by atoms with Gasteiger partial charge >= 0.3 is 10.1 Å². The van der Waals surface area contributed by atoms with Crippen LogP contribution in [0.25, 0.3) is 0 Å². The van der Waals surface area contributed by atoms with Gasteiger partial charge in [0.05, 0.1) is 6.26 Å². The molecule has 114 valence electrons. The van der Waals surface area contributed by atoms with E-state index in [0.29, 0.717) is 0 Å². The van der Waals surface area contributed by atoms with Crippen LogP contribution in [-0.4, -0.2) is 14.7 Å². The van der Waals surface area contributed by atoms with Crippen LogP contribution >= 0.6 is 0 Å². The third-order valence-electron chi connectivity index (χ3n) is 2.95. The van der Waals surface area contributed by atoms with Gasteiger partial charge in [0.15, 0.2) is 0 Å². The third-order valence-corrected chi connectivity index (χ3v) is 3.44. The highest BCUT2D eigenvalue weighted by atomic mass is 32.2. The minimum absolute atomic E-state index is 0.289. The van der Waals surface area contributed by atoms with Crippen molar-refractivity contribution in [2.75, 3.05) is 6.26 Å². The molecule has 22 heavy (non-hydrogen) atoms. The Balaban J connectivity index is 2.08. The molecule has 0 bridgehead atoms. The first kappa shape index (κ1) is 16.1. The van der Waals surface area contributed by atoms with Crippen molar-refractivity contribution in [3.8, 4) is 17.6 Å². The number of hydrogen-bond donors (Lipinski definition) is 0. The summed E-state index contributed by atoms with van der Waals surface area (Å²) < 4.78 is 26.8. The second-order valence-electron chi connectivity index (χ2n) is 5.01. The van der Waals surface area contributed by atoms with E-state index in [1.54, 1.807) is 24.3 Å². The highest BCUT2D eigenvalue weighted by Gasteiger charge is 2.03. The van der Waals surface area contributed by atoms with Gasteiger partial charge in [-0.25, -0.2) is 0 Å². The van der Waals surface area contributed by atoms with Gasteiger partial charge in [0.25, 0.3) is 0 Å². The van der Waals surface area contributed by atoms with Crippen molar-refractivity contribution in [2.45, 2.75) is 19.8 Å². The second-order valence-corrected chi connectivity index (χ2v) is 6.58. The summed E-state index contributed by atoms with van der Waals surface area (Å²) in [5.74, 6) is 6.43. The van der Waals surface area contributed by atoms with Gasteiger partial charge in [-0.1, -0.05) is 37.3 Å². The first-order valence-corrected chi connectivity index (χ1v) is 8.88. The summed E-state index contributed by atoms with van der Waals surface area (Å²) in [7, 11) is -3.49. The molecule has 0 radical (unpaired) electrons. The van der Waals surface area contributed by atoms with Crippen LogP contribution in [0, 0.1) is 11.8 Å². The number of benzene rings is 2. The average molecular weight is 314 g/mol. The number of aryl methyl sites for hydroxylation is 1. The molecule has 3 nitrogen and oxygen atoms in total. The summed E-state index contributed by atoms with van der Waals surface area (Å²) >= 11 is 0. The van der Waals surface area contributed by atoms with E-state index in [1.807, 2.05) is 12.1 Å². The molecule has 0 aromatic heterocycles. The van der Waals surface area contributed by atoms with Crippen molar-refractivity contribution in [1.82, 2.24) is 0 Å². The molecule has 0 atom stereocenters. The van der Waals surface area contributed by atoms with E-state index in [-0.39, 0.29) is 5.75 Å². The second kappa shape index (κ2) is 7.15. The minimum Gasteiger partial charge on any atom is -0.383 e. The molecule has 0 unspecified atom stereocenters. The Kier molecular flexibility index (Phi) is 5.24. The molecule has 2 rings (SSSR count). The van der Waals surface area contributed by atoms with E-state index < -0.39 is 10.1 Å². The standard InChI is InChI=1S/C18H18O3S/c1-3-4-15-5-7-16(8-6-15)9-10-17-11-13-18(14-12-17)21-22(2,19)20/h5-8,11-14H,3-4H2,1-2H3. The Morgan fingerprint density at radius 3 is 1.86 bits per heavy atom. The largest absolute Gasteiger partial charge is 0.383 e. The third kappa shape index (κ3) is 5.27. The summed E-state index contributed by atoms with van der Waals surface area (Å²) in [5, 5.41) is 0. The van der Waals surface area contributed by atoms with Crippen molar-refractivity contribution in [3.63, 3.8) is 0 Å². The Bertz CT molecular complexity index is 777. The lowest BCUT2D eigenvalue weighted by atomic mass is 10.1. The highest BCUT2D eigenvalue weighted by Crippen LogP contribution is 2.13. The molecule has 4 heteroatoms. The van der Waals surface area contributed by atoms with Crippen molar-refractivity contribution < 1.29 is 12.6 Å². The van der Waals surface area contributed by atoms with Gasteiger partial charge < -0.3 is 4.18 Å². The maximum absolute atomic E-state index is 11.0. The SMILES string of the molecule is CCCc1ccc(C#Cc2ccc(OS(C)(=O)=O)cc2)cc1. The smallest absolute Gasteiger partial charge is 0.306 e. The van der Waals surface area contributed by atoms with Gasteiger partial charge in [0, 0.05) is 11.1 Å². The van der Waals surface area contributed by atoms with Gasteiger partial charge in [0.1, 0.15) is 5.75 Å². The molecular formula is C18H18O3S. The van der Waals surface area contributed by atoms with Crippen molar-refractivity contribution in [1.29, 1.82) is 0 Å². The fourth-order valence-electron chi connectivity index (χ4n) is 1.96. The van der Waals surface area contributed by atoms with Crippen LogP contribution in [-0.2, 0) is 16.5 Å². The zero-order chi connectivity index (χ0) is 16.0. The van der Waals surface area contributed by atoms with Crippen LogP contribution in [0.15, 0.2) is 48.5 Å². The van der Waals surface area contributed by atoms with Crippen molar-refractivity contribution in [2.24, 2.45) is 0 Å². The number of rotatable bonds is 4. The molecule has 0 amide bonds. The number of hydrogen-bond acceptors (Lipinski definition) is 3. The fraction of sp³-hybridized carbons (Fsp3) is 0.222. The van der Waals surface area contributed by atoms with E-state index in [0.717, 1.165) is 30.2 Å². The normalized spacial score (nSPS) is 10.6. The van der Waals surface area contributed by atoms with Gasteiger partial charge in [-0.05, 0) is 48.4 Å². The first-order chi connectivity index (χ1) is 10.5. The van der Waals surface area contributed by atoms with Crippen molar-refractivity contribution in [3.05, 3.63) is 65.2 Å². The van der Waals surface area contributed by atoms with Crippen LogP contribution in [0.3, 0.4) is 0 Å². The van der Waals surface area contributed by atoms with Gasteiger partial charge in [0.2, 0.25) is 0 Å². The van der Waals surface area contributed by atoms with Crippen LogP contribution in [0.4, 0.5) is 0 Å². The summed E-state index contributed by atoms with van der Waals surface area (Å²) in [5.41, 5.74) is 3.07. The quantitative estimate of drug-likeness (QED) is 0.642. The van der Waals surface area contributed by atoms with Crippen LogP contribution in [0.5, 0.6) is 5.75 Å². The summed E-state index contributed by atoms with van der Waals surface area (Å²) in [4.78, 5) is 0. The van der Waals surface area contributed by atoms with E-state index in [2.05, 4.69) is 30.9 Å². The molecule has 0 aliphatic rings. The van der Waals surface area contributed by atoms with Crippen LogP contribution in [0.1, 0.15) is 30.0 Å². The molecule has 0 saturated heterocycles. The lowest BCUT2D eigenvalue weighted by Crippen LogP contribution is -2.05. The molecule has 0 heterocycles. The van der Waals surface area contributed by atoms with E-state index in [9.17, 15) is 8.42 Å². The maximum atomic E-state index is 11.0. The fourth-order valence-corrected chi connectivity index (χ4v) is 2.42. The predicted molar refractivity (Wildman–Crippen MR) is 88.3 cm³/mol. The van der Waals surface area contributed by atoms with Crippen molar-refractivity contribution >= 4 is 10.1 Å². The topological polar surface area (TPSA) is 43.4 Å². The Morgan fingerprint density at radius 2 is 1.41 bits per heavy atom. The summed E-state index contributed by atoms with van der Waals surface area (Å²) in [6.07, 6.45) is 3.23. The molecule has 0 aliphatic carbocycles. The molecule has 0 N–H and O–H groups in total. The lowest BCUT2D eigenvalue weighted by Gasteiger charge is -2.01. The molecule has 2 aromatic rings. The zero-order valence-electron chi connectivity index (χ0n) is 12.7. The molecule has 0 aliphatic heterocycles. The minimum atomic E-state index is -3.49. The Labute approximate surface area is 132 Å². The highest BCUT2D eigenvalue weighted by molar-refractivity contribution is 7.86. The zero-order valence-corrected chi connectivity index (χ0v) is 13.5. The lowest BCUT2D eigenvalue weighted by molar-refractivity contribution is 0.493. The summed E-state index contributed by atoms with van der Waals surface area (Å²) in [6, 6.07) is 14.9. The Morgan fingerprint density at radius 1 is 0.909 bits per heavy atom. The summed E-state index contributed by atoms with van der Waals surface area (Å²) in [6.45, 7) is 2.16. The molecule has 0 fully saturated rings. The first-order valence-electron chi connectivity index (χ1n) is 7.07. The predicted octanol–water partition coefficient (Wildman–Crippen LogP) is 3.38.